The average molecular weight is 230 g/mol. The zero-order valence-electron chi connectivity index (χ0n) is 9.35. The maximum atomic E-state index is 11.7. The van der Waals surface area contributed by atoms with Gasteiger partial charge >= 0.3 is 12.0 Å². The first-order valence-corrected chi connectivity index (χ1v) is 5.44. The number of likely N-dealkylation sites (tertiary alicyclic amines) is 1. The minimum atomic E-state index is -0.937. The van der Waals surface area contributed by atoms with Gasteiger partial charge in [0.2, 0.25) is 0 Å². The molecule has 92 valence electrons. The average Bonchev–Trinajstić information content (AvgIpc) is 2.63. The second-order valence-electron chi connectivity index (χ2n) is 4.12. The summed E-state index contributed by atoms with van der Waals surface area (Å²) in [5.74, 6) is -0.937. The Balaban J connectivity index is 2.42. The predicted molar refractivity (Wildman–Crippen MR) is 57.1 cm³/mol. The van der Waals surface area contributed by atoms with Gasteiger partial charge in [-0.15, -0.1) is 0 Å². The van der Waals surface area contributed by atoms with Crippen molar-refractivity contribution < 1.29 is 19.8 Å². The van der Waals surface area contributed by atoms with Gasteiger partial charge in [-0.05, 0) is 19.8 Å². The Bertz CT molecular complexity index is 270. The van der Waals surface area contributed by atoms with Crippen LogP contribution in [0.15, 0.2) is 0 Å². The zero-order valence-corrected chi connectivity index (χ0v) is 9.35. The number of nitrogens with one attached hydrogen (secondary N) is 1. The monoisotopic (exact) mass is 230 g/mol. The predicted octanol–water partition coefficient (Wildman–Crippen LogP) is 0.0159. The van der Waals surface area contributed by atoms with Gasteiger partial charge in [-0.1, -0.05) is 0 Å². The molecule has 3 N–H and O–H groups in total. The lowest BCUT2D eigenvalue weighted by Gasteiger charge is -2.25. The lowest BCUT2D eigenvalue weighted by molar-refractivity contribution is -0.137. The number of hydrogen-bond donors (Lipinski definition) is 3. The van der Waals surface area contributed by atoms with Crippen LogP contribution in [0.25, 0.3) is 0 Å². The van der Waals surface area contributed by atoms with Crippen molar-refractivity contribution in [2.45, 2.75) is 38.3 Å². The Morgan fingerprint density at radius 3 is 2.81 bits per heavy atom. The van der Waals surface area contributed by atoms with Gasteiger partial charge < -0.3 is 20.4 Å². The Labute approximate surface area is 94.2 Å². The zero-order chi connectivity index (χ0) is 12.1. The number of carboxylic acid groups (broad SMARTS) is 1. The SMILES string of the molecule is CC(CC(=O)O)NC(=O)N1CCCC1CO. The van der Waals surface area contributed by atoms with E-state index in [-0.39, 0.29) is 25.1 Å². The lowest BCUT2D eigenvalue weighted by atomic mass is 10.2. The number of aliphatic hydroxyl groups is 1. The quantitative estimate of drug-likeness (QED) is 0.635. The second kappa shape index (κ2) is 5.69. The summed E-state index contributed by atoms with van der Waals surface area (Å²) >= 11 is 0. The molecule has 2 amide bonds. The van der Waals surface area contributed by atoms with Gasteiger partial charge in [-0.2, -0.15) is 0 Å². The molecule has 0 radical (unpaired) electrons. The fraction of sp³-hybridized carbons (Fsp3) is 0.800. The molecule has 2 atom stereocenters. The van der Waals surface area contributed by atoms with E-state index in [0.29, 0.717) is 6.54 Å². The van der Waals surface area contributed by atoms with E-state index in [1.807, 2.05) is 0 Å². The molecule has 6 nitrogen and oxygen atoms in total. The number of carboxylic acids is 1. The molecule has 0 aromatic rings. The Morgan fingerprint density at radius 1 is 1.56 bits per heavy atom. The van der Waals surface area contributed by atoms with Gasteiger partial charge in [0, 0.05) is 12.6 Å². The summed E-state index contributed by atoms with van der Waals surface area (Å²) in [6.07, 6.45) is 1.59. The topological polar surface area (TPSA) is 89.9 Å². The number of hydrogen-bond acceptors (Lipinski definition) is 3. The molecule has 0 aromatic carbocycles. The first kappa shape index (κ1) is 12.8. The van der Waals surface area contributed by atoms with Crippen molar-refractivity contribution in [1.29, 1.82) is 0 Å². The van der Waals surface area contributed by atoms with E-state index in [9.17, 15) is 9.59 Å². The van der Waals surface area contributed by atoms with Crippen molar-refractivity contribution in [2.24, 2.45) is 0 Å². The molecule has 1 aliphatic rings. The molecule has 2 unspecified atom stereocenters. The van der Waals surface area contributed by atoms with Gasteiger partial charge in [0.05, 0.1) is 19.1 Å². The first-order chi connectivity index (χ1) is 7.54. The normalized spacial score (nSPS) is 21.9. The van der Waals surface area contributed by atoms with Crippen LogP contribution in [0, 0.1) is 0 Å². The van der Waals surface area contributed by atoms with Crippen molar-refractivity contribution in [3.8, 4) is 0 Å². The molecular formula is C10H18N2O4. The highest BCUT2D eigenvalue weighted by atomic mass is 16.4. The van der Waals surface area contributed by atoms with Crippen molar-refractivity contribution in [3.63, 3.8) is 0 Å². The molecule has 1 fully saturated rings. The molecule has 1 heterocycles. The molecule has 6 heteroatoms. The molecule has 0 saturated carbocycles. The van der Waals surface area contributed by atoms with Crippen molar-refractivity contribution in [2.75, 3.05) is 13.2 Å². The van der Waals surface area contributed by atoms with Crippen LogP contribution in [0.3, 0.4) is 0 Å². The number of carbonyl (C=O) groups excluding carboxylic acids is 1. The van der Waals surface area contributed by atoms with Crippen LogP contribution in [-0.2, 0) is 4.79 Å². The van der Waals surface area contributed by atoms with E-state index in [1.54, 1.807) is 11.8 Å². The summed E-state index contributed by atoms with van der Waals surface area (Å²) in [5, 5.41) is 20.2. The molecule has 0 aromatic heterocycles. The molecule has 0 aliphatic carbocycles. The molecule has 1 saturated heterocycles. The lowest BCUT2D eigenvalue weighted by Crippen LogP contribution is -2.47. The third-order valence-corrected chi connectivity index (χ3v) is 2.70. The summed E-state index contributed by atoms with van der Waals surface area (Å²) in [7, 11) is 0. The first-order valence-electron chi connectivity index (χ1n) is 5.44. The van der Waals surface area contributed by atoms with E-state index in [2.05, 4.69) is 5.32 Å². The number of carbonyl (C=O) groups is 2. The number of rotatable bonds is 4. The van der Waals surface area contributed by atoms with Crippen LogP contribution >= 0.6 is 0 Å². The summed E-state index contributed by atoms with van der Waals surface area (Å²) in [5.41, 5.74) is 0. The van der Waals surface area contributed by atoms with Crippen molar-refractivity contribution >= 4 is 12.0 Å². The maximum absolute atomic E-state index is 11.7. The number of aliphatic carboxylic acids is 1. The molecule has 0 bridgehead atoms. The van der Waals surface area contributed by atoms with E-state index in [1.165, 1.54) is 0 Å². The summed E-state index contributed by atoms with van der Waals surface area (Å²) in [4.78, 5) is 23.7. The van der Waals surface area contributed by atoms with Gasteiger partial charge in [0.15, 0.2) is 0 Å². The fourth-order valence-electron chi connectivity index (χ4n) is 1.90. The van der Waals surface area contributed by atoms with Crippen LogP contribution < -0.4 is 5.32 Å². The minimum Gasteiger partial charge on any atom is -0.481 e. The van der Waals surface area contributed by atoms with Crippen LogP contribution in [0.5, 0.6) is 0 Å². The summed E-state index contributed by atoms with van der Waals surface area (Å²) in [6.45, 7) is 2.23. The molecule has 1 aliphatic heterocycles. The fourth-order valence-corrected chi connectivity index (χ4v) is 1.90. The van der Waals surface area contributed by atoms with E-state index in [0.717, 1.165) is 12.8 Å². The van der Waals surface area contributed by atoms with Gasteiger partial charge in [0.25, 0.3) is 0 Å². The van der Waals surface area contributed by atoms with Gasteiger partial charge in [-0.25, -0.2) is 4.79 Å². The maximum Gasteiger partial charge on any atom is 0.317 e. The van der Waals surface area contributed by atoms with Crippen molar-refractivity contribution in [1.82, 2.24) is 10.2 Å². The van der Waals surface area contributed by atoms with E-state index < -0.39 is 12.0 Å². The number of urea groups is 1. The third kappa shape index (κ3) is 3.37. The molecule has 1 rings (SSSR count). The summed E-state index contributed by atoms with van der Waals surface area (Å²) in [6, 6.07) is -0.813. The van der Waals surface area contributed by atoms with Crippen LogP contribution in [0.4, 0.5) is 4.79 Å². The largest absolute Gasteiger partial charge is 0.481 e. The Kier molecular flexibility index (Phi) is 4.54. The number of aliphatic hydroxyl groups excluding tert-OH is 1. The highest BCUT2D eigenvalue weighted by Gasteiger charge is 2.28. The Hall–Kier alpha value is -1.30. The highest BCUT2D eigenvalue weighted by molar-refractivity contribution is 5.76. The number of amides is 2. The molecular weight excluding hydrogens is 212 g/mol. The van der Waals surface area contributed by atoms with Crippen molar-refractivity contribution in [3.05, 3.63) is 0 Å². The van der Waals surface area contributed by atoms with Gasteiger partial charge in [0.1, 0.15) is 0 Å². The second-order valence-corrected chi connectivity index (χ2v) is 4.12. The van der Waals surface area contributed by atoms with Crippen LogP contribution in [0.2, 0.25) is 0 Å². The van der Waals surface area contributed by atoms with Crippen LogP contribution in [0.1, 0.15) is 26.2 Å². The van der Waals surface area contributed by atoms with Gasteiger partial charge in [-0.3, -0.25) is 4.79 Å². The summed E-state index contributed by atoms with van der Waals surface area (Å²) < 4.78 is 0. The Morgan fingerprint density at radius 2 is 2.25 bits per heavy atom. The van der Waals surface area contributed by atoms with E-state index in [4.69, 9.17) is 10.2 Å². The van der Waals surface area contributed by atoms with E-state index >= 15 is 0 Å². The van der Waals surface area contributed by atoms with Crippen LogP contribution in [-0.4, -0.2) is 52.3 Å². The third-order valence-electron chi connectivity index (χ3n) is 2.70. The highest BCUT2D eigenvalue weighted by Crippen LogP contribution is 2.16. The minimum absolute atomic E-state index is 0.0409. The molecule has 16 heavy (non-hydrogen) atoms. The molecule has 0 spiro atoms. The number of nitrogens with zero attached hydrogens (tertiary/aromatic N) is 1. The smallest absolute Gasteiger partial charge is 0.317 e. The standard InChI is InChI=1S/C10H18N2O4/c1-7(5-9(14)15)11-10(16)12-4-2-3-8(12)6-13/h7-8,13H,2-6H2,1H3,(H,11,16)(H,14,15).